The van der Waals surface area contributed by atoms with Gasteiger partial charge in [-0.05, 0) is 62.2 Å². The Morgan fingerprint density at radius 2 is 1.70 bits per heavy atom. The van der Waals surface area contributed by atoms with Gasteiger partial charge in [-0.1, -0.05) is 6.42 Å². The van der Waals surface area contributed by atoms with Crippen molar-refractivity contribution in [3.05, 3.63) is 48.0 Å². The SMILES string of the molecule is CCOc1ccc(S(=O)(=O)N2CCCCC2)cc1NC(=O)c1ccc(N2CCOCC2)cc1. The molecule has 0 aliphatic carbocycles. The summed E-state index contributed by atoms with van der Waals surface area (Å²) in [6.45, 7) is 6.31. The summed E-state index contributed by atoms with van der Waals surface area (Å²) in [7, 11) is -3.62. The molecule has 9 heteroatoms. The van der Waals surface area contributed by atoms with E-state index in [9.17, 15) is 13.2 Å². The molecule has 0 spiro atoms. The predicted octanol–water partition coefficient (Wildman–Crippen LogP) is 3.35. The van der Waals surface area contributed by atoms with Gasteiger partial charge in [0.15, 0.2) is 0 Å². The number of hydrogen-bond donors (Lipinski definition) is 1. The molecule has 33 heavy (non-hydrogen) atoms. The Balaban J connectivity index is 1.54. The molecule has 0 aromatic heterocycles. The van der Waals surface area contributed by atoms with Crippen LogP contribution in [0.1, 0.15) is 36.5 Å². The third kappa shape index (κ3) is 5.48. The van der Waals surface area contributed by atoms with Crippen molar-refractivity contribution in [2.24, 2.45) is 0 Å². The van der Waals surface area contributed by atoms with Crippen molar-refractivity contribution in [3.8, 4) is 5.75 Å². The van der Waals surface area contributed by atoms with E-state index in [0.717, 1.165) is 38.0 Å². The largest absolute Gasteiger partial charge is 0.492 e. The average molecular weight is 474 g/mol. The normalized spacial score (nSPS) is 17.5. The van der Waals surface area contributed by atoms with E-state index < -0.39 is 10.0 Å². The maximum Gasteiger partial charge on any atom is 0.255 e. The molecular weight excluding hydrogens is 442 g/mol. The lowest BCUT2D eigenvalue weighted by Crippen LogP contribution is -2.36. The summed E-state index contributed by atoms with van der Waals surface area (Å²) < 4.78 is 38.8. The molecule has 0 saturated carbocycles. The second kappa shape index (κ2) is 10.5. The number of nitrogens with zero attached hydrogens (tertiary/aromatic N) is 2. The summed E-state index contributed by atoms with van der Waals surface area (Å²) in [6.07, 6.45) is 2.77. The number of carbonyl (C=O) groups is 1. The highest BCUT2D eigenvalue weighted by Gasteiger charge is 2.27. The molecule has 178 valence electrons. The lowest BCUT2D eigenvalue weighted by Gasteiger charge is -2.28. The summed E-state index contributed by atoms with van der Waals surface area (Å²) in [5.74, 6) is 0.116. The van der Waals surface area contributed by atoms with E-state index in [0.29, 0.717) is 49.9 Å². The van der Waals surface area contributed by atoms with Gasteiger partial charge in [0.2, 0.25) is 10.0 Å². The van der Waals surface area contributed by atoms with Crippen molar-refractivity contribution in [2.75, 3.05) is 56.2 Å². The Bertz CT molecular complexity index is 1060. The fourth-order valence-corrected chi connectivity index (χ4v) is 5.69. The Hall–Kier alpha value is -2.62. The topological polar surface area (TPSA) is 88.2 Å². The first-order valence-corrected chi connectivity index (χ1v) is 12.9. The zero-order valence-electron chi connectivity index (χ0n) is 19.0. The molecule has 1 N–H and O–H groups in total. The molecule has 1 amide bonds. The molecule has 0 unspecified atom stereocenters. The van der Waals surface area contributed by atoms with Crippen LogP contribution in [-0.2, 0) is 14.8 Å². The predicted molar refractivity (Wildman–Crippen MR) is 128 cm³/mol. The zero-order chi connectivity index (χ0) is 23.3. The van der Waals surface area contributed by atoms with Gasteiger partial charge in [-0.25, -0.2) is 8.42 Å². The van der Waals surface area contributed by atoms with Crippen molar-refractivity contribution >= 4 is 27.3 Å². The van der Waals surface area contributed by atoms with Gasteiger partial charge in [0.1, 0.15) is 5.75 Å². The van der Waals surface area contributed by atoms with Gasteiger partial charge < -0.3 is 19.7 Å². The van der Waals surface area contributed by atoms with Crippen molar-refractivity contribution in [2.45, 2.75) is 31.1 Å². The van der Waals surface area contributed by atoms with Gasteiger partial charge >= 0.3 is 0 Å². The van der Waals surface area contributed by atoms with E-state index >= 15 is 0 Å². The van der Waals surface area contributed by atoms with Crippen LogP contribution >= 0.6 is 0 Å². The smallest absolute Gasteiger partial charge is 0.255 e. The van der Waals surface area contributed by atoms with Crippen LogP contribution in [0.2, 0.25) is 0 Å². The lowest BCUT2D eigenvalue weighted by molar-refractivity contribution is 0.102. The van der Waals surface area contributed by atoms with Gasteiger partial charge in [0.05, 0.1) is 30.4 Å². The fraction of sp³-hybridized carbons (Fsp3) is 0.458. The number of carbonyl (C=O) groups excluding carboxylic acids is 1. The molecule has 8 nitrogen and oxygen atoms in total. The first-order chi connectivity index (χ1) is 16.0. The molecule has 2 aromatic carbocycles. The summed E-state index contributed by atoms with van der Waals surface area (Å²) in [6, 6.07) is 12.0. The standard InChI is InChI=1S/C24H31N3O5S/c1-2-32-23-11-10-21(33(29,30)27-12-4-3-5-13-27)18-22(23)25-24(28)19-6-8-20(9-7-19)26-14-16-31-17-15-26/h6-11,18H,2-5,12-17H2,1H3,(H,25,28). The highest BCUT2D eigenvalue weighted by atomic mass is 32.2. The van der Waals surface area contributed by atoms with Crippen LogP contribution < -0.4 is 15.0 Å². The van der Waals surface area contributed by atoms with E-state index in [2.05, 4.69) is 10.2 Å². The highest BCUT2D eigenvalue weighted by Crippen LogP contribution is 2.31. The van der Waals surface area contributed by atoms with Crippen LogP contribution in [0.15, 0.2) is 47.4 Å². The summed E-state index contributed by atoms with van der Waals surface area (Å²) >= 11 is 0. The number of amides is 1. The van der Waals surface area contributed by atoms with Crippen LogP contribution in [0.25, 0.3) is 0 Å². The maximum atomic E-state index is 13.1. The first kappa shape index (κ1) is 23.5. The maximum absolute atomic E-state index is 13.1. The third-order valence-electron chi connectivity index (χ3n) is 5.96. The first-order valence-electron chi connectivity index (χ1n) is 11.5. The number of ether oxygens (including phenoxy) is 2. The van der Waals surface area contributed by atoms with Crippen LogP contribution in [0, 0.1) is 0 Å². The molecule has 2 fully saturated rings. The van der Waals surface area contributed by atoms with E-state index in [4.69, 9.17) is 9.47 Å². The minimum Gasteiger partial charge on any atom is -0.492 e. The number of rotatable bonds is 7. The van der Waals surface area contributed by atoms with Gasteiger partial charge in [0, 0.05) is 37.4 Å². The Labute approximate surface area is 195 Å². The molecule has 0 radical (unpaired) electrons. The van der Waals surface area contributed by atoms with E-state index in [1.807, 2.05) is 19.1 Å². The molecular formula is C24H31N3O5S. The molecule has 2 aliphatic rings. The minimum atomic E-state index is -3.62. The van der Waals surface area contributed by atoms with Gasteiger partial charge in [-0.15, -0.1) is 0 Å². The molecule has 2 heterocycles. The van der Waals surface area contributed by atoms with Crippen molar-refractivity contribution < 1.29 is 22.7 Å². The lowest BCUT2D eigenvalue weighted by atomic mass is 10.1. The summed E-state index contributed by atoms with van der Waals surface area (Å²) in [4.78, 5) is 15.3. The van der Waals surface area contributed by atoms with Gasteiger partial charge in [-0.2, -0.15) is 4.31 Å². The van der Waals surface area contributed by atoms with Crippen molar-refractivity contribution in [3.63, 3.8) is 0 Å². The fourth-order valence-electron chi connectivity index (χ4n) is 4.14. The average Bonchev–Trinajstić information content (AvgIpc) is 2.86. The Kier molecular flexibility index (Phi) is 7.52. The Morgan fingerprint density at radius 3 is 2.36 bits per heavy atom. The van der Waals surface area contributed by atoms with E-state index in [-0.39, 0.29) is 10.8 Å². The molecule has 2 aromatic rings. The number of anilines is 2. The van der Waals surface area contributed by atoms with E-state index in [1.165, 1.54) is 10.4 Å². The molecule has 0 atom stereocenters. The number of sulfonamides is 1. The van der Waals surface area contributed by atoms with Gasteiger partial charge in [0.25, 0.3) is 5.91 Å². The third-order valence-corrected chi connectivity index (χ3v) is 7.85. The zero-order valence-corrected chi connectivity index (χ0v) is 19.8. The van der Waals surface area contributed by atoms with Crippen LogP contribution in [0.4, 0.5) is 11.4 Å². The highest BCUT2D eigenvalue weighted by molar-refractivity contribution is 7.89. The summed E-state index contributed by atoms with van der Waals surface area (Å²) in [5.41, 5.74) is 1.87. The number of benzene rings is 2. The minimum absolute atomic E-state index is 0.158. The molecule has 0 bridgehead atoms. The van der Waals surface area contributed by atoms with Crippen molar-refractivity contribution in [1.29, 1.82) is 0 Å². The molecule has 2 saturated heterocycles. The number of piperidine rings is 1. The monoisotopic (exact) mass is 473 g/mol. The molecule has 2 aliphatic heterocycles. The quantitative estimate of drug-likeness (QED) is 0.664. The number of morpholine rings is 1. The number of hydrogen-bond acceptors (Lipinski definition) is 6. The second-order valence-corrected chi connectivity index (χ2v) is 10.1. The van der Waals surface area contributed by atoms with Crippen LogP contribution in [-0.4, -0.2) is 64.6 Å². The number of nitrogens with one attached hydrogen (secondary N) is 1. The van der Waals surface area contributed by atoms with Crippen LogP contribution in [0.5, 0.6) is 5.75 Å². The van der Waals surface area contributed by atoms with Crippen molar-refractivity contribution in [1.82, 2.24) is 4.31 Å². The van der Waals surface area contributed by atoms with Gasteiger partial charge in [-0.3, -0.25) is 4.79 Å². The second-order valence-electron chi connectivity index (χ2n) is 8.16. The van der Waals surface area contributed by atoms with E-state index in [1.54, 1.807) is 24.3 Å². The summed E-state index contributed by atoms with van der Waals surface area (Å²) in [5, 5.41) is 2.85. The Morgan fingerprint density at radius 1 is 1.00 bits per heavy atom. The van der Waals surface area contributed by atoms with Crippen LogP contribution in [0.3, 0.4) is 0 Å². The molecule has 4 rings (SSSR count).